The van der Waals surface area contributed by atoms with Crippen molar-refractivity contribution in [3.63, 3.8) is 0 Å². The van der Waals surface area contributed by atoms with Gasteiger partial charge in [0.2, 0.25) is 0 Å². The largest absolute Gasteiger partial charge is 0.395 e. The summed E-state index contributed by atoms with van der Waals surface area (Å²) in [5.41, 5.74) is 0. The van der Waals surface area contributed by atoms with Gasteiger partial charge in [0.05, 0.1) is 25.4 Å². The van der Waals surface area contributed by atoms with E-state index in [0.717, 1.165) is 0 Å². The minimum absolute atomic E-state index is 0.124. The van der Waals surface area contributed by atoms with Crippen molar-refractivity contribution >= 4 is 0 Å². The Bertz CT molecular complexity index is 330. The number of hydrogen-bond acceptors (Lipinski definition) is 9. The fraction of sp³-hybridized carbons (Fsp3) is 1.00. The fourth-order valence-electron chi connectivity index (χ4n) is 2.58. The van der Waals surface area contributed by atoms with Crippen LogP contribution in [0.4, 0.5) is 0 Å². The lowest BCUT2D eigenvalue weighted by molar-refractivity contribution is -0.319. The molecule has 0 saturated carbocycles. The highest BCUT2D eigenvalue weighted by Gasteiger charge is 2.45. The lowest BCUT2D eigenvalue weighted by Crippen LogP contribution is -2.61. The van der Waals surface area contributed by atoms with Gasteiger partial charge in [-0.15, -0.1) is 0 Å². The van der Waals surface area contributed by atoms with Crippen molar-refractivity contribution in [3.05, 3.63) is 0 Å². The number of β-amino-alcohol motifs (C(OH)–C–C–N with tert-alkyl or cyclic N) is 1. The first-order chi connectivity index (χ1) is 9.97. The van der Waals surface area contributed by atoms with Gasteiger partial charge < -0.3 is 45.4 Å². The predicted octanol–water partition coefficient (Wildman–Crippen LogP) is -4.11. The molecular weight excluding hydrogens is 286 g/mol. The Hall–Kier alpha value is -0.360. The second kappa shape index (κ2) is 7.27. The van der Waals surface area contributed by atoms with Gasteiger partial charge in [-0.05, 0) is 6.42 Å². The molecule has 0 aliphatic carbocycles. The van der Waals surface area contributed by atoms with Crippen LogP contribution in [0.2, 0.25) is 0 Å². The number of aliphatic hydroxyl groups is 6. The summed E-state index contributed by atoms with van der Waals surface area (Å²) in [6.07, 6.45) is -8.07. The second-order valence-electron chi connectivity index (χ2n) is 5.46. The van der Waals surface area contributed by atoms with Crippen LogP contribution in [0.5, 0.6) is 0 Å². The summed E-state index contributed by atoms with van der Waals surface area (Å²) >= 11 is 0. The molecule has 0 unspecified atom stereocenters. The van der Waals surface area contributed by atoms with Crippen LogP contribution >= 0.6 is 0 Å². The molecular formula is C12H23NO8. The summed E-state index contributed by atoms with van der Waals surface area (Å²) < 4.78 is 10.7. The molecule has 21 heavy (non-hydrogen) atoms. The quantitative estimate of drug-likeness (QED) is 0.275. The molecule has 7 N–H and O–H groups in total. The Labute approximate surface area is 121 Å². The molecule has 2 aliphatic rings. The molecule has 2 saturated heterocycles. The van der Waals surface area contributed by atoms with Gasteiger partial charge in [0, 0.05) is 12.6 Å². The molecule has 9 nitrogen and oxygen atoms in total. The van der Waals surface area contributed by atoms with Crippen molar-refractivity contribution in [2.75, 3.05) is 19.8 Å². The number of rotatable bonds is 4. The zero-order chi connectivity index (χ0) is 15.6. The van der Waals surface area contributed by atoms with Crippen LogP contribution in [-0.2, 0) is 9.47 Å². The highest BCUT2D eigenvalue weighted by molar-refractivity contribution is 4.91. The topological polar surface area (TPSA) is 152 Å². The van der Waals surface area contributed by atoms with Gasteiger partial charge in [-0.25, -0.2) is 0 Å². The van der Waals surface area contributed by atoms with Gasteiger partial charge in [0.1, 0.15) is 24.4 Å². The SMILES string of the molecule is OC[C@@H]1C[C@H](O[C@H]2O[C@H](CO)[C@@H](O)[C@H](O)[C@H]2O)[C@H](O)CN1. The van der Waals surface area contributed by atoms with Crippen molar-refractivity contribution in [2.24, 2.45) is 0 Å². The Balaban J connectivity index is 1.99. The maximum Gasteiger partial charge on any atom is 0.187 e. The molecule has 2 rings (SSSR count). The van der Waals surface area contributed by atoms with E-state index in [2.05, 4.69) is 5.32 Å². The zero-order valence-corrected chi connectivity index (χ0v) is 11.4. The standard InChI is InChI=1S/C12H23NO8/c14-3-5-1-7(6(16)2-13-5)20-12-11(19)10(18)9(17)8(4-15)21-12/h5-19H,1-4H2/t5-,6+,7-,8+,9+,10-,11+,12-/m0/s1. The molecule has 0 aromatic carbocycles. The van der Waals surface area contributed by atoms with Gasteiger partial charge >= 0.3 is 0 Å². The molecule has 0 radical (unpaired) electrons. The average Bonchev–Trinajstić information content (AvgIpc) is 2.49. The summed E-state index contributed by atoms with van der Waals surface area (Å²) in [5, 5.41) is 60.2. The highest BCUT2D eigenvalue weighted by Crippen LogP contribution is 2.25. The molecule has 0 amide bonds. The van der Waals surface area contributed by atoms with Crippen LogP contribution in [0.25, 0.3) is 0 Å². The summed E-state index contributed by atoms with van der Waals surface area (Å²) in [6, 6.07) is -0.247. The molecule has 9 heteroatoms. The van der Waals surface area contributed by atoms with E-state index in [9.17, 15) is 20.4 Å². The summed E-state index contributed by atoms with van der Waals surface area (Å²) in [6.45, 7) is -0.451. The third-order valence-corrected chi connectivity index (χ3v) is 3.94. The van der Waals surface area contributed by atoms with E-state index in [4.69, 9.17) is 19.7 Å². The van der Waals surface area contributed by atoms with Crippen molar-refractivity contribution in [1.29, 1.82) is 0 Å². The third kappa shape index (κ3) is 3.70. The van der Waals surface area contributed by atoms with Gasteiger partial charge in [-0.1, -0.05) is 0 Å². The van der Waals surface area contributed by atoms with Gasteiger partial charge in [-0.2, -0.15) is 0 Å². The predicted molar refractivity (Wildman–Crippen MR) is 68.1 cm³/mol. The second-order valence-corrected chi connectivity index (χ2v) is 5.46. The molecule has 0 spiro atoms. The first-order valence-electron chi connectivity index (χ1n) is 6.96. The normalized spacial score (nSPS) is 48.3. The highest BCUT2D eigenvalue weighted by atomic mass is 16.7. The lowest BCUT2D eigenvalue weighted by Gasteiger charge is -2.42. The Kier molecular flexibility index (Phi) is 5.88. The van der Waals surface area contributed by atoms with Crippen LogP contribution in [0.15, 0.2) is 0 Å². The summed E-state index contributed by atoms with van der Waals surface area (Å²) in [4.78, 5) is 0. The van der Waals surface area contributed by atoms with Crippen molar-refractivity contribution in [1.82, 2.24) is 5.32 Å². The Morgan fingerprint density at radius 3 is 2.33 bits per heavy atom. The van der Waals surface area contributed by atoms with Crippen LogP contribution in [0.1, 0.15) is 6.42 Å². The van der Waals surface area contributed by atoms with Crippen molar-refractivity contribution in [2.45, 2.75) is 55.4 Å². The van der Waals surface area contributed by atoms with E-state index in [0.29, 0.717) is 6.42 Å². The van der Waals surface area contributed by atoms with Crippen LogP contribution in [0.3, 0.4) is 0 Å². The Morgan fingerprint density at radius 1 is 1.00 bits per heavy atom. The molecule has 0 aromatic rings. The van der Waals surface area contributed by atoms with Gasteiger partial charge in [0.25, 0.3) is 0 Å². The average molecular weight is 309 g/mol. The zero-order valence-electron chi connectivity index (χ0n) is 11.4. The first-order valence-corrected chi connectivity index (χ1v) is 6.96. The molecule has 0 aromatic heterocycles. The molecule has 2 heterocycles. The summed E-state index contributed by atoms with van der Waals surface area (Å²) in [5.74, 6) is 0. The first kappa shape index (κ1) is 17.0. The van der Waals surface area contributed by atoms with E-state index in [1.807, 2.05) is 0 Å². The minimum atomic E-state index is -1.52. The molecule has 8 atom stereocenters. The van der Waals surface area contributed by atoms with Crippen LogP contribution in [-0.4, -0.2) is 99.4 Å². The maximum atomic E-state index is 9.87. The molecule has 2 aliphatic heterocycles. The third-order valence-electron chi connectivity index (χ3n) is 3.94. The van der Waals surface area contributed by atoms with Crippen LogP contribution < -0.4 is 5.32 Å². The molecule has 2 fully saturated rings. The summed E-state index contributed by atoms with van der Waals surface area (Å²) in [7, 11) is 0. The van der Waals surface area contributed by atoms with E-state index in [1.165, 1.54) is 0 Å². The number of nitrogens with one attached hydrogen (secondary N) is 1. The van der Waals surface area contributed by atoms with Crippen molar-refractivity contribution < 1.29 is 40.1 Å². The lowest BCUT2D eigenvalue weighted by atomic mass is 9.97. The maximum absolute atomic E-state index is 9.87. The van der Waals surface area contributed by atoms with E-state index >= 15 is 0 Å². The molecule has 124 valence electrons. The van der Waals surface area contributed by atoms with E-state index in [1.54, 1.807) is 0 Å². The minimum Gasteiger partial charge on any atom is -0.395 e. The fourth-order valence-corrected chi connectivity index (χ4v) is 2.58. The Morgan fingerprint density at radius 2 is 1.71 bits per heavy atom. The monoisotopic (exact) mass is 309 g/mol. The number of piperidine rings is 1. The number of aliphatic hydroxyl groups excluding tert-OH is 6. The molecule has 0 bridgehead atoms. The van der Waals surface area contributed by atoms with Crippen LogP contribution in [0, 0.1) is 0 Å². The van der Waals surface area contributed by atoms with E-state index in [-0.39, 0.29) is 19.2 Å². The van der Waals surface area contributed by atoms with Gasteiger partial charge in [-0.3, -0.25) is 0 Å². The smallest absolute Gasteiger partial charge is 0.187 e. The number of hydrogen-bond donors (Lipinski definition) is 7. The van der Waals surface area contributed by atoms with Crippen molar-refractivity contribution in [3.8, 4) is 0 Å². The van der Waals surface area contributed by atoms with E-state index < -0.39 is 49.5 Å². The number of ether oxygens (including phenoxy) is 2. The van der Waals surface area contributed by atoms with Gasteiger partial charge in [0.15, 0.2) is 6.29 Å².